The van der Waals surface area contributed by atoms with Gasteiger partial charge in [-0.15, -0.1) is 0 Å². The van der Waals surface area contributed by atoms with Gasteiger partial charge >= 0.3 is 0 Å². The molecule has 0 amide bonds. The summed E-state index contributed by atoms with van der Waals surface area (Å²) in [6.07, 6.45) is 2.46. The van der Waals surface area contributed by atoms with Crippen LogP contribution in [0.5, 0.6) is 0 Å². The summed E-state index contributed by atoms with van der Waals surface area (Å²) in [6.45, 7) is 1.98. The van der Waals surface area contributed by atoms with Crippen LogP contribution in [0.15, 0.2) is 11.9 Å². The van der Waals surface area contributed by atoms with Crippen molar-refractivity contribution in [2.24, 2.45) is 11.7 Å². The van der Waals surface area contributed by atoms with E-state index in [4.69, 9.17) is 11.7 Å². The molecule has 4 heteroatoms. The fraction of sp³-hybridized carbons (Fsp3) is 0.500. The van der Waals surface area contributed by atoms with Gasteiger partial charge in [-0.1, -0.05) is 6.92 Å². The van der Waals surface area contributed by atoms with Crippen molar-refractivity contribution in [2.45, 2.75) is 13.3 Å². The highest BCUT2D eigenvalue weighted by molar-refractivity contribution is 4.93. The molecule has 48 valence electrons. The molecular formula is C4H12N4. The molecule has 0 atom stereocenters. The van der Waals surface area contributed by atoms with Gasteiger partial charge in [-0.25, -0.2) is 0 Å². The van der Waals surface area contributed by atoms with Gasteiger partial charge in [0.25, 0.3) is 0 Å². The minimum Gasteiger partial charge on any atom is -0.330 e. The van der Waals surface area contributed by atoms with Crippen LogP contribution in [0.1, 0.15) is 13.3 Å². The molecular weight excluding hydrogens is 104 g/mol. The van der Waals surface area contributed by atoms with Crippen LogP contribution in [0.2, 0.25) is 0 Å². The van der Waals surface area contributed by atoms with Gasteiger partial charge in [0, 0.05) is 11.9 Å². The van der Waals surface area contributed by atoms with Gasteiger partial charge in [0.05, 0.1) is 0 Å². The summed E-state index contributed by atoms with van der Waals surface area (Å²) in [5.41, 5.74) is 5.72. The van der Waals surface area contributed by atoms with Crippen LogP contribution in [0.4, 0.5) is 0 Å². The first kappa shape index (κ1) is 7.26. The third kappa shape index (κ3) is 2.44. The quantitative estimate of drug-likeness (QED) is 0.286. The van der Waals surface area contributed by atoms with E-state index >= 15 is 0 Å². The van der Waals surface area contributed by atoms with E-state index in [9.17, 15) is 0 Å². The number of hydrazine groups is 2. The molecule has 8 heavy (non-hydrogen) atoms. The molecule has 0 saturated carbocycles. The maximum Gasteiger partial charge on any atom is 0.0427 e. The lowest BCUT2D eigenvalue weighted by Crippen LogP contribution is -2.24. The Balaban J connectivity index is 3.49. The SMILES string of the molecule is CCC(=CNN)NN. The number of allylic oxidation sites excluding steroid dienone is 1. The smallest absolute Gasteiger partial charge is 0.0427 e. The van der Waals surface area contributed by atoms with Gasteiger partial charge in [-0.05, 0) is 6.42 Å². The van der Waals surface area contributed by atoms with E-state index in [-0.39, 0.29) is 0 Å². The first-order valence-electron chi connectivity index (χ1n) is 2.47. The summed E-state index contributed by atoms with van der Waals surface area (Å²) >= 11 is 0. The van der Waals surface area contributed by atoms with Crippen LogP contribution in [0, 0.1) is 0 Å². The maximum atomic E-state index is 5.06. The monoisotopic (exact) mass is 116 g/mol. The van der Waals surface area contributed by atoms with Crippen molar-refractivity contribution < 1.29 is 0 Å². The molecule has 6 N–H and O–H groups in total. The van der Waals surface area contributed by atoms with E-state index in [0.717, 1.165) is 12.1 Å². The van der Waals surface area contributed by atoms with Crippen LogP contribution in [-0.2, 0) is 0 Å². The third-order valence-electron chi connectivity index (χ3n) is 0.824. The molecule has 0 aromatic heterocycles. The zero-order valence-electron chi connectivity index (χ0n) is 4.94. The normalized spacial score (nSPS) is 11.1. The molecule has 0 saturated heterocycles. The maximum absolute atomic E-state index is 5.06. The van der Waals surface area contributed by atoms with Gasteiger partial charge in [0.1, 0.15) is 0 Å². The van der Waals surface area contributed by atoms with Gasteiger partial charge in [-0.3, -0.25) is 11.7 Å². The predicted molar refractivity (Wildman–Crippen MR) is 33.0 cm³/mol. The minimum atomic E-state index is 0.848. The molecule has 0 spiro atoms. The van der Waals surface area contributed by atoms with Crippen molar-refractivity contribution in [3.8, 4) is 0 Å². The standard InChI is InChI=1S/C4H12N4/c1-2-4(8-6)3-7-5/h3,7-8H,2,5-6H2,1H3. The van der Waals surface area contributed by atoms with Crippen LogP contribution in [-0.4, -0.2) is 0 Å². The highest BCUT2D eigenvalue weighted by Gasteiger charge is 1.83. The lowest BCUT2D eigenvalue weighted by Gasteiger charge is -2.00. The summed E-state index contributed by atoms with van der Waals surface area (Å²) in [7, 11) is 0. The molecule has 0 aliphatic rings. The van der Waals surface area contributed by atoms with Crippen LogP contribution >= 0.6 is 0 Å². The Labute approximate surface area is 48.9 Å². The van der Waals surface area contributed by atoms with Crippen molar-refractivity contribution in [1.29, 1.82) is 0 Å². The zero-order valence-corrected chi connectivity index (χ0v) is 4.94. The summed E-state index contributed by atoms with van der Waals surface area (Å²) in [5.74, 6) is 10.0. The molecule has 0 rings (SSSR count). The number of hydrogen-bond acceptors (Lipinski definition) is 4. The lowest BCUT2D eigenvalue weighted by atomic mass is 10.4. The predicted octanol–water partition coefficient (Wildman–Crippen LogP) is -0.836. The lowest BCUT2D eigenvalue weighted by molar-refractivity contribution is 0.796. The van der Waals surface area contributed by atoms with Gasteiger partial charge < -0.3 is 10.9 Å². The summed E-state index contributed by atoms with van der Waals surface area (Å²) in [6, 6.07) is 0. The van der Waals surface area contributed by atoms with E-state index in [1.165, 1.54) is 0 Å². The highest BCUT2D eigenvalue weighted by Crippen LogP contribution is 1.87. The average Bonchev–Trinajstić information content (AvgIpc) is 1.83. The minimum absolute atomic E-state index is 0.848. The van der Waals surface area contributed by atoms with E-state index in [2.05, 4.69) is 10.9 Å². The second kappa shape index (κ2) is 4.42. The Morgan fingerprint density at radius 2 is 2.25 bits per heavy atom. The number of hydrogen-bond donors (Lipinski definition) is 4. The first-order chi connectivity index (χ1) is 3.85. The van der Waals surface area contributed by atoms with Crippen molar-refractivity contribution in [3.05, 3.63) is 11.9 Å². The zero-order chi connectivity index (χ0) is 6.41. The summed E-state index contributed by atoms with van der Waals surface area (Å²) in [5, 5.41) is 0. The molecule has 0 aromatic carbocycles. The molecule has 0 aliphatic carbocycles. The fourth-order valence-corrected chi connectivity index (χ4v) is 0.346. The number of nitrogens with one attached hydrogen (secondary N) is 2. The first-order valence-corrected chi connectivity index (χ1v) is 2.47. The fourth-order valence-electron chi connectivity index (χ4n) is 0.346. The molecule has 0 aromatic rings. The molecule has 0 bridgehead atoms. The third-order valence-corrected chi connectivity index (χ3v) is 0.824. The Morgan fingerprint density at radius 3 is 2.38 bits per heavy atom. The Morgan fingerprint density at radius 1 is 1.62 bits per heavy atom. The molecule has 0 unspecified atom stereocenters. The Hall–Kier alpha value is -0.740. The summed E-state index contributed by atoms with van der Waals surface area (Å²) in [4.78, 5) is 0. The van der Waals surface area contributed by atoms with Crippen molar-refractivity contribution >= 4 is 0 Å². The van der Waals surface area contributed by atoms with E-state index in [1.807, 2.05) is 6.92 Å². The molecule has 0 radical (unpaired) electrons. The Kier molecular flexibility index (Phi) is 4.01. The molecule has 0 aliphatic heterocycles. The van der Waals surface area contributed by atoms with Gasteiger partial charge in [0.2, 0.25) is 0 Å². The summed E-state index contributed by atoms with van der Waals surface area (Å²) < 4.78 is 0. The van der Waals surface area contributed by atoms with Crippen LogP contribution < -0.4 is 22.5 Å². The largest absolute Gasteiger partial charge is 0.330 e. The van der Waals surface area contributed by atoms with E-state index in [0.29, 0.717) is 0 Å². The molecule has 4 nitrogen and oxygen atoms in total. The van der Waals surface area contributed by atoms with E-state index in [1.54, 1.807) is 6.20 Å². The molecule has 0 heterocycles. The van der Waals surface area contributed by atoms with Crippen molar-refractivity contribution in [1.82, 2.24) is 10.9 Å². The topological polar surface area (TPSA) is 76.1 Å². The number of nitrogens with two attached hydrogens (primary N) is 2. The van der Waals surface area contributed by atoms with Crippen molar-refractivity contribution in [2.75, 3.05) is 0 Å². The van der Waals surface area contributed by atoms with Crippen molar-refractivity contribution in [3.63, 3.8) is 0 Å². The number of rotatable bonds is 3. The Bertz CT molecular complexity index is 72.1. The average molecular weight is 116 g/mol. The van der Waals surface area contributed by atoms with Gasteiger partial charge in [-0.2, -0.15) is 0 Å². The van der Waals surface area contributed by atoms with E-state index < -0.39 is 0 Å². The second-order valence-corrected chi connectivity index (χ2v) is 1.33. The van der Waals surface area contributed by atoms with Crippen LogP contribution in [0.25, 0.3) is 0 Å². The highest BCUT2D eigenvalue weighted by atomic mass is 15.2. The van der Waals surface area contributed by atoms with Crippen LogP contribution in [0.3, 0.4) is 0 Å². The van der Waals surface area contributed by atoms with Gasteiger partial charge in [0.15, 0.2) is 0 Å². The second-order valence-electron chi connectivity index (χ2n) is 1.33. The molecule has 0 fully saturated rings.